The van der Waals surface area contributed by atoms with Crippen LogP contribution in [0, 0.1) is 0 Å². The van der Waals surface area contributed by atoms with Gasteiger partial charge in [-0.25, -0.2) is 15.0 Å². The van der Waals surface area contributed by atoms with Gasteiger partial charge < -0.3 is 16.0 Å². The van der Waals surface area contributed by atoms with E-state index in [1.165, 1.54) is 12.4 Å². The van der Waals surface area contributed by atoms with Crippen LogP contribution >= 0.6 is 0 Å². The highest BCUT2D eigenvalue weighted by Gasteiger charge is 2.31. The number of nitrogens with one attached hydrogen (secondary N) is 2. The average molecular weight is 384 g/mol. The van der Waals surface area contributed by atoms with Crippen molar-refractivity contribution in [3.63, 3.8) is 0 Å². The first-order chi connectivity index (χ1) is 13.4. The molecule has 0 saturated heterocycles. The number of H-pyrrole nitrogens is 1. The van der Waals surface area contributed by atoms with E-state index < -0.39 is 11.7 Å². The number of aromatic amines is 1. The summed E-state index contributed by atoms with van der Waals surface area (Å²) in [5.41, 5.74) is 7.53. The van der Waals surface area contributed by atoms with Crippen molar-refractivity contribution in [1.29, 1.82) is 0 Å². The van der Waals surface area contributed by atoms with Crippen LogP contribution < -0.4 is 11.1 Å². The summed E-state index contributed by atoms with van der Waals surface area (Å²) in [5, 5.41) is 3.38. The van der Waals surface area contributed by atoms with Gasteiger partial charge in [-0.05, 0) is 11.6 Å². The summed E-state index contributed by atoms with van der Waals surface area (Å²) < 4.78 is 39.2. The second-order valence-corrected chi connectivity index (χ2v) is 6.16. The minimum atomic E-state index is -4.49. The molecule has 142 valence electrons. The maximum absolute atomic E-state index is 13.1. The Bertz CT molecular complexity index is 1120. The Hall–Kier alpha value is -3.62. The highest BCUT2D eigenvalue weighted by Crippen LogP contribution is 2.35. The second kappa shape index (κ2) is 6.84. The van der Waals surface area contributed by atoms with Crippen LogP contribution in [-0.4, -0.2) is 19.9 Å². The van der Waals surface area contributed by atoms with Crippen molar-refractivity contribution in [3.8, 4) is 11.3 Å². The number of rotatable bonds is 4. The Morgan fingerprint density at radius 1 is 1.07 bits per heavy atom. The lowest BCUT2D eigenvalue weighted by Gasteiger charge is -2.09. The molecule has 4 N–H and O–H groups in total. The Kier molecular flexibility index (Phi) is 4.34. The van der Waals surface area contributed by atoms with Crippen LogP contribution in [0.5, 0.6) is 0 Å². The number of nitrogens with two attached hydrogens (primary N) is 1. The van der Waals surface area contributed by atoms with E-state index in [2.05, 4.69) is 25.3 Å². The molecule has 0 fully saturated rings. The SMILES string of the molecule is Nc1cnc(NCc2ccccc2)nc1-c1c[nH]c2ncc(C(F)(F)F)cc12. The van der Waals surface area contributed by atoms with Crippen molar-refractivity contribution in [2.45, 2.75) is 12.7 Å². The summed E-state index contributed by atoms with van der Waals surface area (Å²) in [6, 6.07) is 10.7. The van der Waals surface area contributed by atoms with Gasteiger partial charge >= 0.3 is 6.18 Å². The van der Waals surface area contributed by atoms with Crippen LogP contribution in [0.4, 0.5) is 24.8 Å². The molecule has 6 nitrogen and oxygen atoms in total. The van der Waals surface area contributed by atoms with Crippen molar-refractivity contribution < 1.29 is 13.2 Å². The fourth-order valence-electron chi connectivity index (χ4n) is 2.82. The standard InChI is InChI=1S/C19H15F3N6/c20-19(21,22)12-6-13-14(9-25-17(13)24-8-12)16-15(23)10-27-18(28-16)26-7-11-4-2-1-3-5-11/h1-6,8-10H,7,23H2,(H,24,25)(H,26,27,28). The Balaban J connectivity index is 1.70. The largest absolute Gasteiger partial charge is 0.417 e. The van der Waals surface area contributed by atoms with Gasteiger partial charge in [0.15, 0.2) is 0 Å². The van der Waals surface area contributed by atoms with Gasteiger partial charge in [0.25, 0.3) is 0 Å². The summed E-state index contributed by atoms with van der Waals surface area (Å²) >= 11 is 0. The third-order valence-corrected chi connectivity index (χ3v) is 4.22. The number of alkyl halides is 3. The zero-order valence-electron chi connectivity index (χ0n) is 14.5. The lowest BCUT2D eigenvalue weighted by molar-refractivity contribution is -0.137. The molecule has 1 aromatic carbocycles. The molecule has 3 aromatic heterocycles. The number of aromatic nitrogens is 4. The number of halogens is 3. The number of pyridine rings is 1. The van der Waals surface area contributed by atoms with E-state index >= 15 is 0 Å². The summed E-state index contributed by atoms with van der Waals surface area (Å²) in [5.74, 6) is 0.322. The van der Waals surface area contributed by atoms with Crippen LogP contribution in [0.15, 0.2) is 55.0 Å². The maximum atomic E-state index is 13.1. The number of nitrogens with zero attached hydrogens (tertiary/aromatic N) is 3. The second-order valence-electron chi connectivity index (χ2n) is 6.16. The van der Waals surface area contributed by atoms with E-state index in [4.69, 9.17) is 5.73 Å². The molecule has 0 aliphatic carbocycles. The van der Waals surface area contributed by atoms with Gasteiger partial charge in [0.2, 0.25) is 5.95 Å². The third-order valence-electron chi connectivity index (χ3n) is 4.22. The van der Waals surface area contributed by atoms with Crippen LogP contribution in [0.1, 0.15) is 11.1 Å². The van der Waals surface area contributed by atoms with E-state index in [1.807, 2.05) is 30.3 Å². The topological polar surface area (TPSA) is 92.5 Å². The molecule has 3 heterocycles. The van der Waals surface area contributed by atoms with Gasteiger partial charge in [0.1, 0.15) is 11.3 Å². The molecule has 4 rings (SSSR count). The number of benzene rings is 1. The number of nitrogen functional groups attached to an aromatic ring is 1. The number of hydrogen-bond acceptors (Lipinski definition) is 5. The van der Waals surface area contributed by atoms with Gasteiger partial charge in [0.05, 0.1) is 17.4 Å². The molecule has 0 amide bonds. The van der Waals surface area contributed by atoms with E-state index in [1.54, 1.807) is 0 Å². The molecular formula is C19H15F3N6. The molecule has 9 heteroatoms. The summed E-state index contributed by atoms with van der Waals surface area (Å²) in [6.07, 6.45) is -0.735. The van der Waals surface area contributed by atoms with Crippen molar-refractivity contribution >= 4 is 22.7 Å². The summed E-state index contributed by atoms with van der Waals surface area (Å²) in [6.45, 7) is 0.498. The zero-order chi connectivity index (χ0) is 19.7. The average Bonchev–Trinajstić information content (AvgIpc) is 3.10. The van der Waals surface area contributed by atoms with Crippen LogP contribution in [0.2, 0.25) is 0 Å². The number of hydrogen-bond donors (Lipinski definition) is 3. The van der Waals surface area contributed by atoms with Crippen LogP contribution in [-0.2, 0) is 12.7 Å². The molecule has 0 saturated carbocycles. The highest BCUT2D eigenvalue weighted by atomic mass is 19.4. The van der Waals surface area contributed by atoms with Crippen molar-refractivity contribution in [3.05, 3.63) is 66.1 Å². The summed E-state index contributed by atoms with van der Waals surface area (Å²) in [7, 11) is 0. The number of anilines is 2. The van der Waals surface area contributed by atoms with E-state index in [9.17, 15) is 13.2 Å². The van der Waals surface area contributed by atoms with Gasteiger partial charge in [-0.2, -0.15) is 13.2 Å². The minimum absolute atomic E-state index is 0.253. The first-order valence-electron chi connectivity index (χ1n) is 8.37. The third kappa shape index (κ3) is 3.46. The van der Waals surface area contributed by atoms with E-state index in [-0.39, 0.29) is 11.1 Å². The Morgan fingerprint density at radius 3 is 2.61 bits per heavy atom. The van der Waals surface area contributed by atoms with E-state index in [0.717, 1.165) is 17.8 Å². The van der Waals surface area contributed by atoms with Gasteiger partial charge in [0, 0.05) is 29.9 Å². The molecule has 0 aliphatic rings. The molecule has 0 atom stereocenters. The summed E-state index contributed by atoms with van der Waals surface area (Å²) in [4.78, 5) is 15.2. The van der Waals surface area contributed by atoms with Crippen LogP contribution in [0.25, 0.3) is 22.3 Å². The van der Waals surface area contributed by atoms with Crippen LogP contribution in [0.3, 0.4) is 0 Å². The molecule has 0 unspecified atom stereocenters. The van der Waals surface area contributed by atoms with Crippen molar-refractivity contribution in [2.24, 2.45) is 0 Å². The quantitative estimate of drug-likeness (QED) is 0.490. The first kappa shape index (κ1) is 17.8. The van der Waals surface area contributed by atoms with Gasteiger partial charge in [-0.3, -0.25) is 0 Å². The maximum Gasteiger partial charge on any atom is 0.417 e. The van der Waals surface area contributed by atoms with E-state index in [0.29, 0.717) is 29.4 Å². The molecule has 0 bridgehead atoms. The number of fused-ring (bicyclic) bond motifs is 1. The van der Waals surface area contributed by atoms with Gasteiger partial charge in [-0.1, -0.05) is 30.3 Å². The molecule has 4 aromatic rings. The van der Waals surface area contributed by atoms with Gasteiger partial charge in [-0.15, -0.1) is 0 Å². The zero-order valence-corrected chi connectivity index (χ0v) is 14.5. The lowest BCUT2D eigenvalue weighted by atomic mass is 10.1. The molecule has 0 aliphatic heterocycles. The molecule has 0 spiro atoms. The van der Waals surface area contributed by atoms with Crippen molar-refractivity contribution in [2.75, 3.05) is 11.1 Å². The Labute approximate surface area is 157 Å². The predicted molar refractivity (Wildman–Crippen MR) is 100 cm³/mol. The fourth-order valence-corrected chi connectivity index (χ4v) is 2.82. The molecule has 28 heavy (non-hydrogen) atoms. The Morgan fingerprint density at radius 2 is 1.86 bits per heavy atom. The van der Waals surface area contributed by atoms with Crippen molar-refractivity contribution in [1.82, 2.24) is 19.9 Å². The normalized spacial score (nSPS) is 11.7. The highest BCUT2D eigenvalue weighted by molar-refractivity contribution is 5.95. The monoisotopic (exact) mass is 384 g/mol. The lowest BCUT2D eigenvalue weighted by Crippen LogP contribution is -2.06. The molecular weight excluding hydrogens is 369 g/mol. The smallest absolute Gasteiger partial charge is 0.396 e. The minimum Gasteiger partial charge on any atom is -0.396 e. The first-order valence-corrected chi connectivity index (χ1v) is 8.37. The molecule has 0 radical (unpaired) electrons. The fraction of sp³-hybridized carbons (Fsp3) is 0.105. The predicted octanol–water partition coefficient (Wildman–Crippen LogP) is 4.23.